The molecule has 0 radical (unpaired) electrons. The van der Waals surface area contributed by atoms with E-state index in [2.05, 4.69) is 0 Å². The average molecular weight is 375 g/mol. The summed E-state index contributed by atoms with van der Waals surface area (Å²) in [6.07, 6.45) is -3.64. The molecule has 1 aromatic carbocycles. The third-order valence-electron chi connectivity index (χ3n) is 4.79. The van der Waals surface area contributed by atoms with E-state index in [4.69, 9.17) is 4.74 Å². The summed E-state index contributed by atoms with van der Waals surface area (Å²) in [5.74, 6) is -0.783. The van der Waals surface area contributed by atoms with Crippen molar-refractivity contribution in [1.82, 2.24) is 4.90 Å². The summed E-state index contributed by atoms with van der Waals surface area (Å²) in [6.45, 7) is 3.11. The minimum absolute atomic E-state index is 0.0118. The molecule has 3 nitrogen and oxygen atoms in total. The molecule has 0 N–H and O–H groups in total. The number of hydrogen-bond acceptors (Lipinski definition) is 3. The highest BCUT2D eigenvalue weighted by Gasteiger charge is 2.44. The highest BCUT2D eigenvalue weighted by Crippen LogP contribution is 2.36. The largest absolute Gasteiger partial charge is 0.466 e. The molecule has 0 spiro atoms. The summed E-state index contributed by atoms with van der Waals surface area (Å²) in [4.78, 5) is 14.5. The van der Waals surface area contributed by atoms with Crippen molar-refractivity contribution >= 4 is 5.97 Å². The fraction of sp³-hybridized carbons (Fsp3) is 0.632. The zero-order chi connectivity index (χ0) is 19.2. The molecular weight excluding hydrogens is 350 g/mol. The standard InChI is InChI=1S/C19H25F4NO2/c1-2-26-17(25)18(13-15-7-3-4-8-16(15)20)9-5-11-24(14-18)12-6-10-19(21,22)23/h3-4,7-8H,2,5-6,9-14H2,1H3/t18-/m0/s1. The molecule has 1 aliphatic heterocycles. The van der Waals surface area contributed by atoms with Crippen LogP contribution < -0.4 is 0 Å². The van der Waals surface area contributed by atoms with Gasteiger partial charge in [0.1, 0.15) is 5.82 Å². The number of halogens is 4. The number of ether oxygens (including phenoxy) is 1. The van der Waals surface area contributed by atoms with Crippen molar-refractivity contribution in [3.05, 3.63) is 35.6 Å². The number of rotatable bonds is 7. The highest BCUT2D eigenvalue weighted by molar-refractivity contribution is 5.77. The lowest BCUT2D eigenvalue weighted by atomic mass is 9.75. The molecule has 1 aliphatic rings. The number of alkyl halides is 3. The van der Waals surface area contributed by atoms with Crippen LogP contribution in [-0.4, -0.2) is 43.3 Å². The number of benzene rings is 1. The van der Waals surface area contributed by atoms with Crippen molar-refractivity contribution in [2.45, 2.75) is 45.2 Å². The van der Waals surface area contributed by atoms with Crippen LogP contribution in [0.15, 0.2) is 24.3 Å². The smallest absolute Gasteiger partial charge is 0.389 e. The quantitative estimate of drug-likeness (QED) is 0.524. The molecule has 0 aromatic heterocycles. The zero-order valence-corrected chi connectivity index (χ0v) is 14.9. The predicted octanol–water partition coefficient (Wildman–Crippen LogP) is 4.36. The molecule has 0 saturated carbocycles. The van der Waals surface area contributed by atoms with Crippen molar-refractivity contribution < 1.29 is 27.1 Å². The molecule has 26 heavy (non-hydrogen) atoms. The molecule has 1 atom stereocenters. The Morgan fingerprint density at radius 2 is 2.04 bits per heavy atom. The number of esters is 1. The SMILES string of the molecule is CCOC(=O)[C@]1(Cc2ccccc2F)CCCN(CCCC(F)(F)F)C1. The average Bonchev–Trinajstić information content (AvgIpc) is 2.56. The zero-order valence-electron chi connectivity index (χ0n) is 14.9. The van der Waals surface area contributed by atoms with Gasteiger partial charge in [-0.2, -0.15) is 13.2 Å². The Morgan fingerprint density at radius 3 is 2.69 bits per heavy atom. The third kappa shape index (κ3) is 5.69. The summed E-state index contributed by atoms with van der Waals surface area (Å²) >= 11 is 0. The molecule has 2 rings (SSSR count). The highest BCUT2D eigenvalue weighted by atomic mass is 19.4. The van der Waals surface area contributed by atoms with Gasteiger partial charge < -0.3 is 9.64 Å². The van der Waals surface area contributed by atoms with Gasteiger partial charge in [0.25, 0.3) is 0 Å². The second kappa shape index (κ2) is 8.84. The first-order chi connectivity index (χ1) is 12.3. The van der Waals surface area contributed by atoms with Crippen molar-refractivity contribution in [2.75, 3.05) is 26.2 Å². The van der Waals surface area contributed by atoms with Gasteiger partial charge in [-0.3, -0.25) is 4.79 Å². The lowest BCUT2D eigenvalue weighted by Gasteiger charge is -2.41. The van der Waals surface area contributed by atoms with Crippen LogP contribution in [0.25, 0.3) is 0 Å². The number of likely N-dealkylation sites (tertiary alicyclic amines) is 1. The van der Waals surface area contributed by atoms with Crippen LogP contribution in [0.1, 0.15) is 38.2 Å². The Morgan fingerprint density at radius 1 is 1.31 bits per heavy atom. The maximum Gasteiger partial charge on any atom is 0.389 e. The van der Waals surface area contributed by atoms with Crippen LogP contribution in [0.3, 0.4) is 0 Å². The van der Waals surface area contributed by atoms with Crippen LogP contribution in [0, 0.1) is 11.2 Å². The van der Waals surface area contributed by atoms with Gasteiger partial charge in [0, 0.05) is 13.0 Å². The lowest BCUT2D eigenvalue weighted by molar-refractivity contribution is -0.159. The molecule has 0 unspecified atom stereocenters. The number of hydrogen-bond donors (Lipinski definition) is 0. The topological polar surface area (TPSA) is 29.5 Å². The van der Waals surface area contributed by atoms with Gasteiger partial charge >= 0.3 is 12.1 Å². The number of carbonyl (C=O) groups excluding carboxylic acids is 1. The number of nitrogens with zero attached hydrogens (tertiary/aromatic N) is 1. The molecule has 146 valence electrons. The van der Waals surface area contributed by atoms with E-state index in [1.807, 2.05) is 4.90 Å². The maximum absolute atomic E-state index is 14.1. The molecular formula is C19H25F4NO2. The van der Waals surface area contributed by atoms with E-state index in [1.54, 1.807) is 25.1 Å². The second-order valence-electron chi connectivity index (χ2n) is 6.87. The summed E-state index contributed by atoms with van der Waals surface area (Å²) < 4.78 is 56.5. The minimum atomic E-state index is -4.18. The monoisotopic (exact) mass is 375 g/mol. The Hall–Kier alpha value is -1.63. The normalized spacial score (nSPS) is 21.6. The van der Waals surface area contributed by atoms with Gasteiger partial charge in [-0.1, -0.05) is 18.2 Å². The lowest BCUT2D eigenvalue weighted by Crippen LogP contribution is -2.50. The molecule has 1 fully saturated rings. The Bertz CT molecular complexity index is 605. The van der Waals surface area contributed by atoms with Gasteiger partial charge in [-0.05, 0) is 57.3 Å². The van der Waals surface area contributed by atoms with Crippen LogP contribution in [-0.2, 0) is 16.0 Å². The van der Waals surface area contributed by atoms with Gasteiger partial charge in [-0.25, -0.2) is 4.39 Å². The fourth-order valence-corrected chi connectivity index (χ4v) is 3.59. The van der Waals surface area contributed by atoms with Crippen molar-refractivity contribution in [1.29, 1.82) is 0 Å². The van der Waals surface area contributed by atoms with E-state index in [0.717, 1.165) is 0 Å². The van der Waals surface area contributed by atoms with E-state index >= 15 is 0 Å². The van der Waals surface area contributed by atoms with Gasteiger partial charge in [-0.15, -0.1) is 0 Å². The van der Waals surface area contributed by atoms with Gasteiger partial charge in [0.05, 0.1) is 12.0 Å². The first-order valence-electron chi connectivity index (χ1n) is 8.95. The van der Waals surface area contributed by atoms with Crippen molar-refractivity contribution in [2.24, 2.45) is 5.41 Å². The molecule has 0 bridgehead atoms. The van der Waals surface area contributed by atoms with Crippen LogP contribution >= 0.6 is 0 Å². The Labute approximate surface area is 151 Å². The van der Waals surface area contributed by atoms with E-state index in [1.165, 1.54) is 6.07 Å². The van der Waals surface area contributed by atoms with E-state index < -0.39 is 24.0 Å². The second-order valence-corrected chi connectivity index (χ2v) is 6.87. The summed E-state index contributed by atoms with van der Waals surface area (Å²) in [6, 6.07) is 6.28. The predicted molar refractivity (Wildman–Crippen MR) is 90.1 cm³/mol. The molecule has 7 heteroatoms. The van der Waals surface area contributed by atoms with Gasteiger partial charge in [0.2, 0.25) is 0 Å². The Kier molecular flexibility index (Phi) is 7.03. The number of piperidine rings is 1. The molecule has 0 aliphatic carbocycles. The van der Waals surface area contributed by atoms with Crippen molar-refractivity contribution in [3.8, 4) is 0 Å². The van der Waals surface area contributed by atoms with Crippen LogP contribution in [0.2, 0.25) is 0 Å². The molecule has 0 amide bonds. The van der Waals surface area contributed by atoms with Crippen LogP contribution in [0.4, 0.5) is 17.6 Å². The third-order valence-corrected chi connectivity index (χ3v) is 4.79. The summed E-state index contributed by atoms with van der Waals surface area (Å²) in [7, 11) is 0. The van der Waals surface area contributed by atoms with E-state index in [0.29, 0.717) is 24.9 Å². The summed E-state index contributed by atoms with van der Waals surface area (Å²) in [5.41, 5.74) is -0.494. The molecule has 1 heterocycles. The van der Waals surface area contributed by atoms with E-state index in [9.17, 15) is 22.4 Å². The maximum atomic E-state index is 14.1. The molecule has 1 saturated heterocycles. The summed E-state index contributed by atoms with van der Waals surface area (Å²) in [5, 5.41) is 0. The van der Waals surface area contributed by atoms with Crippen molar-refractivity contribution in [3.63, 3.8) is 0 Å². The van der Waals surface area contributed by atoms with Gasteiger partial charge in [0.15, 0.2) is 0 Å². The minimum Gasteiger partial charge on any atom is -0.466 e. The molecule has 1 aromatic rings. The number of carbonyl (C=O) groups is 1. The first kappa shape index (κ1) is 20.7. The van der Waals surface area contributed by atoms with Crippen LogP contribution in [0.5, 0.6) is 0 Å². The first-order valence-corrected chi connectivity index (χ1v) is 8.95. The Balaban J connectivity index is 2.13. The van der Waals surface area contributed by atoms with E-state index in [-0.39, 0.29) is 38.4 Å². The fourth-order valence-electron chi connectivity index (χ4n) is 3.59.